The van der Waals surface area contributed by atoms with Crippen molar-refractivity contribution >= 4 is 22.8 Å². The highest BCUT2D eigenvalue weighted by molar-refractivity contribution is 5.80. The van der Waals surface area contributed by atoms with Gasteiger partial charge in [-0.3, -0.25) is 0 Å². The number of H-pyrrole nitrogens is 1. The Balaban J connectivity index is 1.61. The number of nitrogens with two attached hydrogens (primary N) is 1. The third-order valence-corrected chi connectivity index (χ3v) is 3.76. The molecule has 0 atom stereocenters. The van der Waals surface area contributed by atoms with E-state index in [1.54, 1.807) is 6.20 Å². The van der Waals surface area contributed by atoms with Gasteiger partial charge in [0.15, 0.2) is 5.65 Å². The van der Waals surface area contributed by atoms with Gasteiger partial charge in [-0.15, -0.1) is 0 Å². The smallest absolute Gasteiger partial charge is 0.180 e. The zero-order chi connectivity index (χ0) is 16.4. The Morgan fingerprint density at radius 1 is 0.958 bits per heavy atom. The lowest BCUT2D eigenvalue weighted by atomic mass is 10.2. The van der Waals surface area contributed by atoms with E-state index in [0.717, 1.165) is 16.9 Å². The predicted molar refractivity (Wildman–Crippen MR) is 95.3 cm³/mol. The molecule has 0 bridgehead atoms. The summed E-state index contributed by atoms with van der Waals surface area (Å²) in [7, 11) is 0. The van der Waals surface area contributed by atoms with Crippen LogP contribution >= 0.6 is 0 Å². The van der Waals surface area contributed by atoms with E-state index in [4.69, 9.17) is 5.73 Å². The molecular weight excluding hydrogens is 300 g/mol. The molecule has 0 radical (unpaired) electrons. The number of anilines is 2. The van der Waals surface area contributed by atoms with E-state index in [2.05, 4.69) is 37.4 Å². The second kappa shape index (κ2) is 6.00. The molecule has 3 aromatic heterocycles. The number of fused-ring (bicyclic) bond motifs is 1. The lowest BCUT2D eigenvalue weighted by molar-refractivity contribution is 1.12. The van der Waals surface area contributed by atoms with Crippen molar-refractivity contribution in [3.05, 3.63) is 66.4 Å². The van der Waals surface area contributed by atoms with Crippen molar-refractivity contribution < 1.29 is 0 Å². The van der Waals surface area contributed by atoms with Crippen LogP contribution in [0.1, 0.15) is 5.56 Å². The normalized spacial score (nSPS) is 10.8. The highest BCUT2D eigenvalue weighted by Crippen LogP contribution is 2.23. The number of imidazole rings is 1. The van der Waals surface area contributed by atoms with Crippen molar-refractivity contribution in [2.45, 2.75) is 6.54 Å². The van der Waals surface area contributed by atoms with Crippen LogP contribution in [0.3, 0.4) is 0 Å². The summed E-state index contributed by atoms with van der Waals surface area (Å²) in [5, 5.41) is 3.31. The van der Waals surface area contributed by atoms with E-state index >= 15 is 0 Å². The summed E-state index contributed by atoms with van der Waals surface area (Å²) < 4.78 is 0. The molecule has 0 unspecified atom stereocenters. The fourth-order valence-electron chi connectivity index (χ4n) is 2.52. The van der Waals surface area contributed by atoms with Crippen molar-refractivity contribution in [3.63, 3.8) is 0 Å². The Morgan fingerprint density at radius 2 is 1.83 bits per heavy atom. The van der Waals surface area contributed by atoms with Gasteiger partial charge in [0, 0.05) is 12.7 Å². The quantitative estimate of drug-likeness (QED) is 0.537. The van der Waals surface area contributed by atoms with Crippen molar-refractivity contribution in [1.82, 2.24) is 19.9 Å². The summed E-state index contributed by atoms with van der Waals surface area (Å²) in [5.41, 5.74) is 9.39. The van der Waals surface area contributed by atoms with E-state index in [0.29, 0.717) is 23.8 Å². The van der Waals surface area contributed by atoms with Crippen LogP contribution in [-0.2, 0) is 6.54 Å². The van der Waals surface area contributed by atoms with Crippen molar-refractivity contribution in [2.24, 2.45) is 0 Å². The monoisotopic (exact) mass is 316 g/mol. The first-order valence-corrected chi connectivity index (χ1v) is 7.65. The largest absolute Gasteiger partial charge is 0.383 e. The third kappa shape index (κ3) is 2.77. The molecule has 6 heteroatoms. The zero-order valence-corrected chi connectivity index (χ0v) is 12.9. The lowest BCUT2D eigenvalue weighted by Crippen LogP contribution is -2.00. The fraction of sp³-hybridized carbons (Fsp3) is 0.0556. The minimum Gasteiger partial charge on any atom is -0.383 e. The SMILES string of the molecule is Nc1ncccc1-c1nc2nc(NCc3ccccc3)ccc2[nH]1. The summed E-state index contributed by atoms with van der Waals surface area (Å²) in [6.45, 7) is 0.714. The summed E-state index contributed by atoms with van der Waals surface area (Å²) in [6, 6.07) is 17.8. The topological polar surface area (TPSA) is 92.5 Å². The molecule has 3 heterocycles. The van der Waals surface area contributed by atoms with Crippen molar-refractivity contribution in [3.8, 4) is 11.4 Å². The number of benzene rings is 1. The van der Waals surface area contributed by atoms with Gasteiger partial charge in [0.05, 0.1) is 11.1 Å². The summed E-state index contributed by atoms with van der Waals surface area (Å²) in [5.74, 6) is 1.89. The molecule has 4 N–H and O–H groups in total. The van der Waals surface area contributed by atoms with Crippen LogP contribution in [0, 0.1) is 0 Å². The number of rotatable bonds is 4. The van der Waals surface area contributed by atoms with E-state index in [1.807, 2.05) is 42.5 Å². The van der Waals surface area contributed by atoms with Gasteiger partial charge in [0.1, 0.15) is 17.5 Å². The molecule has 0 saturated heterocycles. The molecule has 24 heavy (non-hydrogen) atoms. The maximum Gasteiger partial charge on any atom is 0.180 e. The Bertz CT molecular complexity index is 977. The Hall–Kier alpha value is -3.41. The van der Waals surface area contributed by atoms with E-state index in [1.165, 1.54) is 5.56 Å². The number of hydrogen-bond acceptors (Lipinski definition) is 5. The average Bonchev–Trinajstić information content (AvgIpc) is 3.04. The van der Waals surface area contributed by atoms with Crippen LogP contribution in [0.25, 0.3) is 22.6 Å². The van der Waals surface area contributed by atoms with Crippen LogP contribution in [-0.4, -0.2) is 19.9 Å². The molecule has 4 rings (SSSR count). The number of aromatic nitrogens is 4. The van der Waals surface area contributed by atoms with Gasteiger partial charge < -0.3 is 16.0 Å². The first-order chi connectivity index (χ1) is 11.8. The molecule has 0 saturated carbocycles. The van der Waals surface area contributed by atoms with Crippen LogP contribution in [0.2, 0.25) is 0 Å². The summed E-state index contributed by atoms with van der Waals surface area (Å²) in [6.07, 6.45) is 1.66. The molecule has 118 valence electrons. The molecule has 6 nitrogen and oxygen atoms in total. The second-order valence-corrected chi connectivity index (χ2v) is 5.43. The van der Waals surface area contributed by atoms with E-state index in [-0.39, 0.29) is 0 Å². The number of nitrogen functional groups attached to an aromatic ring is 1. The van der Waals surface area contributed by atoms with Gasteiger partial charge in [-0.2, -0.15) is 0 Å². The molecule has 4 aromatic rings. The number of nitrogens with zero attached hydrogens (tertiary/aromatic N) is 3. The van der Waals surface area contributed by atoms with Crippen LogP contribution < -0.4 is 11.1 Å². The van der Waals surface area contributed by atoms with Gasteiger partial charge in [-0.25, -0.2) is 15.0 Å². The lowest BCUT2D eigenvalue weighted by Gasteiger charge is -2.04. The maximum absolute atomic E-state index is 5.91. The number of aromatic amines is 1. The number of nitrogens with one attached hydrogen (secondary N) is 2. The first kappa shape index (κ1) is 14.2. The number of pyridine rings is 2. The molecule has 0 aliphatic rings. The minimum atomic E-state index is 0.444. The van der Waals surface area contributed by atoms with Gasteiger partial charge in [-0.1, -0.05) is 30.3 Å². The highest BCUT2D eigenvalue weighted by Gasteiger charge is 2.10. The van der Waals surface area contributed by atoms with E-state index < -0.39 is 0 Å². The summed E-state index contributed by atoms with van der Waals surface area (Å²) >= 11 is 0. The van der Waals surface area contributed by atoms with Crippen LogP contribution in [0.5, 0.6) is 0 Å². The van der Waals surface area contributed by atoms with Crippen molar-refractivity contribution in [2.75, 3.05) is 11.1 Å². The molecule has 0 aliphatic heterocycles. The van der Waals surface area contributed by atoms with Crippen LogP contribution in [0.4, 0.5) is 11.6 Å². The molecule has 0 fully saturated rings. The fourth-order valence-corrected chi connectivity index (χ4v) is 2.52. The first-order valence-electron chi connectivity index (χ1n) is 7.65. The predicted octanol–water partition coefficient (Wildman–Crippen LogP) is 3.21. The summed E-state index contributed by atoms with van der Waals surface area (Å²) in [4.78, 5) is 16.4. The Kier molecular flexibility index (Phi) is 3.55. The zero-order valence-electron chi connectivity index (χ0n) is 12.9. The second-order valence-electron chi connectivity index (χ2n) is 5.43. The maximum atomic E-state index is 5.91. The number of hydrogen-bond donors (Lipinski definition) is 3. The van der Waals surface area contributed by atoms with Gasteiger partial charge in [-0.05, 0) is 29.8 Å². The highest BCUT2D eigenvalue weighted by atomic mass is 15.1. The standard InChI is InChI=1S/C18H16N6/c19-16-13(7-4-10-20-16)17-22-14-8-9-15(23-18(14)24-17)21-11-12-5-2-1-3-6-12/h1-10H,11H2,(H2,19,20)(H2,21,22,23,24). The Morgan fingerprint density at radius 3 is 2.67 bits per heavy atom. The Labute approximate surface area is 138 Å². The molecular formula is C18H16N6. The van der Waals surface area contributed by atoms with Gasteiger partial charge >= 0.3 is 0 Å². The average molecular weight is 316 g/mol. The molecule has 1 aromatic carbocycles. The van der Waals surface area contributed by atoms with Crippen molar-refractivity contribution in [1.29, 1.82) is 0 Å². The van der Waals surface area contributed by atoms with Crippen LogP contribution in [0.15, 0.2) is 60.8 Å². The third-order valence-electron chi connectivity index (χ3n) is 3.76. The molecule has 0 amide bonds. The molecule has 0 spiro atoms. The minimum absolute atomic E-state index is 0.444. The van der Waals surface area contributed by atoms with Gasteiger partial charge in [0.2, 0.25) is 0 Å². The van der Waals surface area contributed by atoms with E-state index in [9.17, 15) is 0 Å². The van der Waals surface area contributed by atoms with Gasteiger partial charge in [0.25, 0.3) is 0 Å². The molecule has 0 aliphatic carbocycles.